The number of benzene rings is 2. The summed E-state index contributed by atoms with van der Waals surface area (Å²) in [4.78, 5) is 14.3. The van der Waals surface area contributed by atoms with Gasteiger partial charge in [-0.15, -0.1) is 0 Å². The molecule has 0 aromatic heterocycles. The molecule has 1 saturated heterocycles. The van der Waals surface area contributed by atoms with Gasteiger partial charge in [0.05, 0.1) is 0 Å². The number of piperidine rings is 1. The lowest BCUT2D eigenvalue weighted by atomic mass is 9.90. The third-order valence-corrected chi connectivity index (χ3v) is 4.76. The van der Waals surface area contributed by atoms with Crippen molar-refractivity contribution in [3.8, 4) is 0 Å². The lowest BCUT2D eigenvalue weighted by Crippen LogP contribution is -2.43. The van der Waals surface area contributed by atoms with Crippen molar-refractivity contribution in [2.75, 3.05) is 13.1 Å². The highest BCUT2D eigenvalue weighted by Gasteiger charge is 2.23. The number of urea groups is 1. The molecule has 0 aliphatic carbocycles. The van der Waals surface area contributed by atoms with E-state index in [1.807, 2.05) is 35.2 Å². The SMILES string of the molecule is NCc1ccc(CNC(=O)N2CCC(c3ccccc3)CC2)cc1. The van der Waals surface area contributed by atoms with E-state index in [2.05, 4.69) is 29.6 Å². The zero-order valence-electron chi connectivity index (χ0n) is 13.9. The van der Waals surface area contributed by atoms with Crippen LogP contribution in [0.1, 0.15) is 35.4 Å². The van der Waals surface area contributed by atoms with Crippen molar-refractivity contribution in [1.29, 1.82) is 0 Å². The predicted octanol–water partition coefficient (Wildman–Crippen LogP) is 3.23. The van der Waals surface area contributed by atoms with Crippen LogP contribution >= 0.6 is 0 Å². The molecular formula is C20H25N3O. The van der Waals surface area contributed by atoms with Crippen molar-refractivity contribution >= 4 is 6.03 Å². The molecule has 0 bridgehead atoms. The second kappa shape index (κ2) is 7.97. The number of nitrogens with two attached hydrogens (primary N) is 1. The van der Waals surface area contributed by atoms with E-state index >= 15 is 0 Å². The van der Waals surface area contributed by atoms with Gasteiger partial charge in [-0.3, -0.25) is 0 Å². The summed E-state index contributed by atoms with van der Waals surface area (Å²) in [6.07, 6.45) is 2.06. The molecule has 4 heteroatoms. The molecule has 3 rings (SSSR count). The van der Waals surface area contributed by atoms with Crippen LogP contribution in [0.25, 0.3) is 0 Å². The molecule has 2 amide bonds. The zero-order valence-corrected chi connectivity index (χ0v) is 13.9. The quantitative estimate of drug-likeness (QED) is 0.907. The average molecular weight is 323 g/mol. The molecule has 0 spiro atoms. The number of rotatable bonds is 4. The second-order valence-electron chi connectivity index (χ2n) is 6.35. The molecular weight excluding hydrogens is 298 g/mol. The van der Waals surface area contributed by atoms with Gasteiger partial charge in [-0.05, 0) is 35.4 Å². The van der Waals surface area contributed by atoms with Crippen LogP contribution in [0.15, 0.2) is 54.6 Å². The van der Waals surface area contributed by atoms with Gasteiger partial charge in [0, 0.05) is 26.2 Å². The molecule has 24 heavy (non-hydrogen) atoms. The summed E-state index contributed by atoms with van der Waals surface area (Å²) >= 11 is 0. The van der Waals surface area contributed by atoms with Crippen molar-refractivity contribution < 1.29 is 4.79 Å². The van der Waals surface area contributed by atoms with E-state index in [0.29, 0.717) is 19.0 Å². The number of nitrogens with one attached hydrogen (secondary N) is 1. The van der Waals surface area contributed by atoms with Gasteiger partial charge in [0.2, 0.25) is 0 Å². The van der Waals surface area contributed by atoms with Crippen LogP contribution in [0.5, 0.6) is 0 Å². The Labute approximate surface area is 143 Å². The summed E-state index contributed by atoms with van der Waals surface area (Å²) in [6, 6.07) is 18.7. The summed E-state index contributed by atoms with van der Waals surface area (Å²) in [5.74, 6) is 0.569. The van der Waals surface area contributed by atoms with Crippen LogP contribution in [-0.2, 0) is 13.1 Å². The molecule has 0 saturated carbocycles. The average Bonchev–Trinajstić information content (AvgIpc) is 2.67. The van der Waals surface area contributed by atoms with Crippen molar-refractivity contribution in [3.05, 3.63) is 71.3 Å². The summed E-state index contributed by atoms with van der Waals surface area (Å²) in [5, 5.41) is 3.02. The summed E-state index contributed by atoms with van der Waals surface area (Å²) in [6.45, 7) is 2.74. The Bertz CT molecular complexity index is 646. The highest BCUT2D eigenvalue weighted by molar-refractivity contribution is 5.74. The van der Waals surface area contributed by atoms with Crippen LogP contribution in [0.4, 0.5) is 4.79 Å². The topological polar surface area (TPSA) is 58.4 Å². The number of hydrogen-bond donors (Lipinski definition) is 2. The summed E-state index contributed by atoms with van der Waals surface area (Å²) in [7, 11) is 0. The van der Waals surface area contributed by atoms with E-state index in [1.165, 1.54) is 5.56 Å². The third-order valence-electron chi connectivity index (χ3n) is 4.76. The molecule has 1 aliphatic rings. The normalized spacial score (nSPS) is 15.3. The van der Waals surface area contributed by atoms with Gasteiger partial charge in [-0.25, -0.2) is 4.79 Å². The maximum Gasteiger partial charge on any atom is 0.317 e. The Balaban J connectivity index is 1.46. The standard InChI is InChI=1S/C20H25N3O/c21-14-16-6-8-17(9-7-16)15-22-20(24)23-12-10-19(11-13-23)18-4-2-1-3-5-18/h1-9,19H,10-15,21H2,(H,22,24). The first kappa shape index (κ1) is 16.5. The fraction of sp³-hybridized carbons (Fsp3) is 0.350. The number of likely N-dealkylation sites (tertiary alicyclic amines) is 1. The molecule has 0 radical (unpaired) electrons. The zero-order chi connectivity index (χ0) is 16.8. The lowest BCUT2D eigenvalue weighted by molar-refractivity contribution is 0.181. The minimum Gasteiger partial charge on any atom is -0.334 e. The fourth-order valence-corrected chi connectivity index (χ4v) is 3.22. The molecule has 126 valence electrons. The van der Waals surface area contributed by atoms with Gasteiger partial charge in [0.15, 0.2) is 0 Å². The Morgan fingerprint density at radius 3 is 2.25 bits per heavy atom. The Kier molecular flexibility index (Phi) is 5.49. The van der Waals surface area contributed by atoms with Gasteiger partial charge in [-0.1, -0.05) is 54.6 Å². The largest absolute Gasteiger partial charge is 0.334 e. The van der Waals surface area contributed by atoms with E-state index in [9.17, 15) is 4.79 Å². The molecule has 0 unspecified atom stereocenters. The minimum absolute atomic E-state index is 0.0319. The summed E-state index contributed by atoms with van der Waals surface area (Å²) in [5.41, 5.74) is 9.18. The molecule has 2 aromatic rings. The molecule has 0 atom stereocenters. The predicted molar refractivity (Wildman–Crippen MR) is 96.6 cm³/mol. The van der Waals surface area contributed by atoms with Crippen LogP contribution in [-0.4, -0.2) is 24.0 Å². The van der Waals surface area contributed by atoms with E-state index in [1.54, 1.807) is 0 Å². The molecule has 1 heterocycles. The van der Waals surface area contributed by atoms with Gasteiger partial charge in [-0.2, -0.15) is 0 Å². The number of hydrogen-bond acceptors (Lipinski definition) is 2. The number of carbonyl (C=O) groups is 1. The van der Waals surface area contributed by atoms with E-state index in [0.717, 1.165) is 37.1 Å². The smallest absolute Gasteiger partial charge is 0.317 e. The first-order chi connectivity index (χ1) is 11.8. The van der Waals surface area contributed by atoms with Crippen molar-refractivity contribution in [2.24, 2.45) is 5.73 Å². The van der Waals surface area contributed by atoms with Crippen LogP contribution in [0.2, 0.25) is 0 Å². The number of amides is 2. The first-order valence-electron chi connectivity index (χ1n) is 8.62. The Morgan fingerprint density at radius 1 is 1.00 bits per heavy atom. The number of nitrogens with zero attached hydrogens (tertiary/aromatic N) is 1. The molecule has 1 fully saturated rings. The van der Waals surface area contributed by atoms with Crippen LogP contribution in [0, 0.1) is 0 Å². The van der Waals surface area contributed by atoms with E-state index in [-0.39, 0.29) is 6.03 Å². The Morgan fingerprint density at radius 2 is 1.62 bits per heavy atom. The van der Waals surface area contributed by atoms with Crippen LogP contribution < -0.4 is 11.1 Å². The molecule has 1 aliphatic heterocycles. The van der Waals surface area contributed by atoms with Crippen molar-refractivity contribution in [1.82, 2.24) is 10.2 Å². The first-order valence-corrected chi connectivity index (χ1v) is 8.62. The number of carbonyl (C=O) groups excluding carboxylic acids is 1. The molecule has 2 aromatic carbocycles. The van der Waals surface area contributed by atoms with Gasteiger partial charge in [0.1, 0.15) is 0 Å². The molecule has 4 nitrogen and oxygen atoms in total. The second-order valence-corrected chi connectivity index (χ2v) is 6.35. The Hall–Kier alpha value is -2.33. The van der Waals surface area contributed by atoms with Crippen molar-refractivity contribution in [3.63, 3.8) is 0 Å². The lowest BCUT2D eigenvalue weighted by Gasteiger charge is -2.32. The third kappa shape index (κ3) is 4.15. The highest BCUT2D eigenvalue weighted by atomic mass is 16.2. The maximum atomic E-state index is 12.3. The van der Waals surface area contributed by atoms with Gasteiger partial charge >= 0.3 is 6.03 Å². The highest BCUT2D eigenvalue weighted by Crippen LogP contribution is 2.27. The van der Waals surface area contributed by atoms with Crippen LogP contribution in [0.3, 0.4) is 0 Å². The summed E-state index contributed by atoms with van der Waals surface area (Å²) < 4.78 is 0. The maximum absolute atomic E-state index is 12.3. The van der Waals surface area contributed by atoms with Gasteiger partial charge in [0.25, 0.3) is 0 Å². The van der Waals surface area contributed by atoms with E-state index < -0.39 is 0 Å². The van der Waals surface area contributed by atoms with Crippen molar-refractivity contribution in [2.45, 2.75) is 31.8 Å². The fourth-order valence-electron chi connectivity index (χ4n) is 3.22. The van der Waals surface area contributed by atoms with Gasteiger partial charge < -0.3 is 16.0 Å². The minimum atomic E-state index is 0.0319. The van der Waals surface area contributed by atoms with E-state index in [4.69, 9.17) is 5.73 Å². The molecule has 3 N–H and O–H groups in total. The monoisotopic (exact) mass is 323 g/mol.